The molecule has 0 atom stereocenters. The van der Waals surface area contributed by atoms with Crippen molar-refractivity contribution in [1.29, 1.82) is 0 Å². The van der Waals surface area contributed by atoms with E-state index in [1.54, 1.807) is 0 Å². The maximum atomic E-state index is 2.72. The van der Waals surface area contributed by atoms with E-state index in [1.165, 1.54) is 87.6 Å². The highest BCUT2D eigenvalue weighted by Gasteiger charge is 2.30. The molecule has 4 aromatic carbocycles. The number of aryl methyl sites for hydroxylation is 2. The van der Waals surface area contributed by atoms with Crippen LogP contribution in [0.4, 0.5) is 0 Å². The molecule has 0 amide bonds. The fourth-order valence-corrected chi connectivity index (χ4v) is 8.86. The summed E-state index contributed by atoms with van der Waals surface area (Å²) in [6.45, 7) is 30.9. The van der Waals surface area contributed by atoms with E-state index in [0.717, 1.165) is 25.7 Å². The van der Waals surface area contributed by atoms with Crippen molar-refractivity contribution in [1.82, 2.24) is 4.40 Å². The summed E-state index contributed by atoms with van der Waals surface area (Å²) in [5.74, 6) is 0. The first kappa shape index (κ1) is 33.8. The molecular formula is C47H59N2+. The van der Waals surface area contributed by atoms with Gasteiger partial charge in [-0.25, -0.2) is 4.57 Å². The third kappa shape index (κ3) is 5.98. The number of pyridine rings is 2. The van der Waals surface area contributed by atoms with E-state index in [0.29, 0.717) is 0 Å². The van der Waals surface area contributed by atoms with E-state index in [9.17, 15) is 0 Å². The number of fused-ring (bicyclic) bond motifs is 7. The third-order valence-corrected chi connectivity index (χ3v) is 10.4. The van der Waals surface area contributed by atoms with E-state index >= 15 is 0 Å². The summed E-state index contributed by atoms with van der Waals surface area (Å²) in [5, 5.41) is 9.81. The Hall–Kier alpha value is -3.65. The molecular weight excluding hydrogens is 593 g/mol. The van der Waals surface area contributed by atoms with Gasteiger partial charge in [0.15, 0.2) is 6.20 Å². The van der Waals surface area contributed by atoms with Crippen LogP contribution in [-0.2, 0) is 32.7 Å². The minimum atomic E-state index is 0.116. The van der Waals surface area contributed by atoms with Crippen LogP contribution in [0.25, 0.3) is 59.8 Å². The summed E-state index contributed by atoms with van der Waals surface area (Å²) in [6, 6.07) is 19.7. The fourth-order valence-electron chi connectivity index (χ4n) is 8.86. The van der Waals surface area contributed by atoms with Gasteiger partial charge in [-0.3, -0.25) is 0 Å². The van der Waals surface area contributed by atoms with Gasteiger partial charge in [0.1, 0.15) is 7.05 Å². The van der Waals surface area contributed by atoms with Gasteiger partial charge in [0.2, 0.25) is 5.52 Å². The van der Waals surface area contributed by atoms with Gasteiger partial charge < -0.3 is 4.40 Å². The summed E-state index contributed by atoms with van der Waals surface area (Å²) >= 11 is 0. The molecule has 2 heteroatoms. The summed E-state index contributed by atoms with van der Waals surface area (Å²) in [7, 11) is 2.27. The van der Waals surface area contributed by atoms with Crippen LogP contribution in [-0.4, -0.2) is 4.40 Å². The SMILES string of the molecule is Cc1c2cc(CC(C)(C)C)ccc2c(CC(C)(C)C)c2c1c1c3c(cc[n+]1C)c(CC(C)(C)C)cc1c4ccc(CC(C)(C)C)cc4n2c13. The summed E-state index contributed by atoms with van der Waals surface area (Å²) in [4.78, 5) is 0. The lowest BCUT2D eigenvalue weighted by atomic mass is 9.81. The highest BCUT2D eigenvalue weighted by atomic mass is 15.0. The minimum Gasteiger partial charge on any atom is -0.307 e. The molecule has 0 spiro atoms. The van der Waals surface area contributed by atoms with Crippen LogP contribution in [0.5, 0.6) is 0 Å². The number of nitrogens with zero attached hydrogens (tertiary/aromatic N) is 2. The fraction of sp³-hybridized carbons (Fsp3) is 0.468. The van der Waals surface area contributed by atoms with Crippen LogP contribution in [0.15, 0.2) is 54.7 Å². The van der Waals surface area contributed by atoms with E-state index in [4.69, 9.17) is 0 Å². The number of hydrogen-bond donors (Lipinski definition) is 0. The lowest BCUT2D eigenvalue weighted by Gasteiger charge is -2.25. The maximum absolute atomic E-state index is 2.72. The third-order valence-electron chi connectivity index (χ3n) is 10.4. The highest BCUT2D eigenvalue weighted by Crippen LogP contribution is 2.47. The Labute approximate surface area is 294 Å². The van der Waals surface area contributed by atoms with Crippen LogP contribution in [0.3, 0.4) is 0 Å². The van der Waals surface area contributed by atoms with Crippen molar-refractivity contribution >= 4 is 59.8 Å². The van der Waals surface area contributed by atoms with Crippen LogP contribution in [0.1, 0.15) is 111 Å². The zero-order valence-electron chi connectivity index (χ0n) is 32.9. The average molecular weight is 652 g/mol. The Kier molecular flexibility index (Phi) is 7.54. The lowest BCUT2D eigenvalue weighted by Crippen LogP contribution is -2.29. The topological polar surface area (TPSA) is 8.29 Å². The molecule has 0 bridgehead atoms. The van der Waals surface area contributed by atoms with Gasteiger partial charge in [-0.15, -0.1) is 0 Å². The van der Waals surface area contributed by atoms with E-state index in [-0.39, 0.29) is 21.7 Å². The predicted molar refractivity (Wildman–Crippen MR) is 215 cm³/mol. The smallest absolute Gasteiger partial charge is 0.224 e. The van der Waals surface area contributed by atoms with Crippen molar-refractivity contribution in [2.24, 2.45) is 28.7 Å². The van der Waals surface area contributed by atoms with Crippen molar-refractivity contribution < 1.29 is 4.57 Å². The standard InChI is InChI=1S/C47H59N2/c1-28-35-21-29(24-44(2,3)4)15-17-33(35)37(27-47(11,12)13)42-39(28)43-40-32(19-20-48(43)14)31(26-46(8,9)10)23-36-34-18-16-30(25-45(5,6)7)22-38(34)49(42)41(36)40/h15-23H,24-27H2,1-14H3/q+1. The molecule has 49 heavy (non-hydrogen) atoms. The predicted octanol–water partition coefficient (Wildman–Crippen LogP) is 12.6. The molecule has 3 heterocycles. The van der Waals surface area contributed by atoms with E-state index < -0.39 is 0 Å². The van der Waals surface area contributed by atoms with Crippen LogP contribution >= 0.6 is 0 Å². The number of rotatable bonds is 4. The summed E-state index contributed by atoms with van der Waals surface area (Å²) in [6.07, 6.45) is 6.48. The Morgan fingerprint density at radius 1 is 0.531 bits per heavy atom. The summed E-state index contributed by atoms with van der Waals surface area (Å²) < 4.78 is 5.14. The first-order valence-corrected chi connectivity index (χ1v) is 18.6. The Morgan fingerprint density at radius 3 is 1.69 bits per heavy atom. The zero-order chi connectivity index (χ0) is 35.6. The largest absolute Gasteiger partial charge is 0.307 e. The molecule has 0 aliphatic rings. The number of hydrogen-bond acceptors (Lipinski definition) is 0. The van der Waals surface area contributed by atoms with Crippen LogP contribution in [0.2, 0.25) is 0 Å². The highest BCUT2D eigenvalue weighted by molar-refractivity contribution is 6.29. The molecule has 7 aromatic rings. The Bertz CT molecular complexity index is 2420. The van der Waals surface area contributed by atoms with Crippen LogP contribution in [0, 0.1) is 28.6 Å². The van der Waals surface area contributed by atoms with Crippen LogP contribution < -0.4 is 4.57 Å². The molecule has 0 aliphatic carbocycles. The average Bonchev–Trinajstić information content (AvgIpc) is 3.25. The molecule has 7 rings (SSSR count). The quantitative estimate of drug-likeness (QED) is 0.102. The van der Waals surface area contributed by atoms with E-state index in [1.807, 2.05) is 0 Å². The molecule has 256 valence electrons. The monoisotopic (exact) mass is 651 g/mol. The van der Waals surface area contributed by atoms with Crippen molar-refractivity contribution in [3.05, 3.63) is 82.5 Å². The lowest BCUT2D eigenvalue weighted by molar-refractivity contribution is -0.643. The maximum Gasteiger partial charge on any atom is 0.224 e. The molecule has 0 saturated heterocycles. The molecule has 2 nitrogen and oxygen atoms in total. The van der Waals surface area contributed by atoms with E-state index in [2.05, 4.69) is 161 Å². The second kappa shape index (κ2) is 10.9. The molecule has 0 N–H and O–H groups in total. The Balaban J connectivity index is 1.79. The second-order valence-corrected chi connectivity index (χ2v) is 20.3. The van der Waals surface area contributed by atoms with Crippen molar-refractivity contribution in [2.45, 2.75) is 116 Å². The number of aromatic nitrogens is 2. The van der Waals surface area contributed by atoms with Crippen molar-refractivity contribution in [2.75, 3.05) is 0 Å². The zero-order valence-corrected chi connectivity index (χ0v) is 32.9. The van der Waals surface area contributed by atoms with Gasteiger partial charge in [0.25, 0.3) is 0 Å². The van der Waals surface area contributed by atoms with Gasteiger partial charge in [-0.1, -0.05) is 113 Å². The molecule has 0 fully saturated rings. The first-order chi connectivity index (χ1) is 22.6. The molecule has 0 saturated carbocycles. The van der Waals surface area contributed by atoms with Gasteiger partial charge in [0, 0.05) is 16.8 Å². The summed E-state index contributed by atoms with van der Waals surface area (Å²) in [5.41, 5.74) is 13.4. The minimum absolute atomic E-state index is 0.116. The van der Waals surface area contributed by atoms with Crippen molar-refractivity contribution in [3.63, 3.8) is 0 Å². The van der Waals surface area contributed by atoms with Gasteiger partial charge in [-0.2, -0.15) is 0 Å². The second-order valence-electron chi connectivity index (χ2n) is 20.3. The Morgan fingerprint density at radius 2 is 1.10 bits per heavy atom. The first-order valence-electron chi connectivity index (χ1n) is 18.6. The molecule has 0 radical (unpaired) electrons. The normalized spacial score (nSPS) is 13.8. The van der Waals surface area contributed by atoms with Gasteiger partial charge >= 0.3 is 0 Å². The van der Waals surface area contributed by atoms with Gasteiger partial charge in [-0.05, 0) is 110 Å². The molecule has 3 aromatic heterocycles. The van der Waals surface area contributed by atoms with Crippen molar-refractivity contribution in [3.8, 4) is 0 Å². The van der Waals surface area contributed by atoms with Gasteiger partial charge in [0.05, 0.1) is 27.3 Å². The molecule has 0 aliphatic heterocycles. The molecule has 0 unspecified atom stereocenters. The number of benzene rings is 4.